The van der Waals surface area contributed by atoms with Crippen LogP contribution in [-0.4, -0.2) is 57.0 Å². The van der Waals surface area contributed by atoms with Crippen molar-refractivity contribution in [2.24, 2.45) is 5.10 Å². The third-order valence-corrected chi connectivity index (χ3v) is 6.75. The smallest absolute Gasteiger partial charge is 0.259 e. The Morgan fingerprint density at radius 1 is 1.09 bits per heavy atom. The predicted molar refractivity (Wildman–Crippen MR) is 120 cm³/mol. The molecule has 2 N–H and O–H groups in total. The Morgan fingerprint density at radius 3 is 2.47 bits per heavy atom. The highest BCUT2D eigenvalue weighted by molar-refractivity contribution is 7.89. The number of sulfonamides is 1. The highest BCUT2D eigenvalue weighted by Crippen LogP contribution is 2.21. The average molecular weight is 459 g/mol. The van der Waals surface area contributed by atoms with Gasteiger partial charge in [-0.2, -0.15) is 9.41 Å². The molecule has 0 unspecified atom stereocenters. The molecule has 0 spiro atoms. The molecular formula is C22H26N4O5S. The lowest BCUT2D eigenvalue weighted by molar-refractivity contribution is -0.120. The van der Waals surface area contributed by atoms with E-state index in [0.717, 1.165) is 12.8 Å². The molecule has 10 heteroatoms. The van der Waals surface area contributed by atoms with Crippen LogP contribution in [0.5, 0.6) is 5.75 Å². The molecule has 1 heterocycles. The van der Waals surface area contributed by atoms with Gasteiger partial charge in [0.15, 0.2) is 0 Å². The Hall–Kier alpha value is -3.24. The number of hydrazone groups is 1. The van der Waals surface area contributed by atoms with Gasteiger partial charge >= 0.3 is 0 Å². The third-order valence-electron chi connectivity index (χ3n) is 4.84. The van der Waals surface area contributed by atoms with Crippen LogP contribution in [-0.2, 0) is 14.8 Å². The van der Waals surface area contributed by atoms with E-state index in [-0.39, 0.29) is 17.0 Å². The monoisotopic (exact) mass is 458 g/mol. The minimum Gasteiger partial charge on any atom is -0.493 e. The molecule has 170 valence electrons. The van der Waals surface area contributed by atoms with Crippen molar-refractivity contribution < 1.29 is 22.7 Å². The van der Waals surface area contributed by atoms with E-state index in [1.54, 1.807) is 12.1 Å². The quantitative estimate of drug-likeness (QED) is 0.439. The molecule has 1 aliphatic rings. The lowest BCUT2D eigenvalue weighted by atomic mass is 10.2. The number of para-hydroxylation sites is 1. The summed E-state index contributed by atoms with van der Waals surface area (Å²) in [4.78, 5) is 24.4. The van der Waals surface area contributed by atoms with Crippen LogP contribution in [0.3, 0.4) is 0 Å². The Labute approximate surface area is 187 Å². The maximum Gasteiger partial charge on any atom is 0.259 e. The lowest BCUT2D eigenvalue weighted by Crippen LogP contribution is -2.35. The fourth-order valence-electron chi connectivity index (χ4n) is 3.21. The first kappa shape index (κ1) is 23.4. The van der Waals surface area contributed by atoms with Crippen LogP contribution in [0.15, 0.2) is 58.5 Å². The van der Waals surface area contributed by atoms with Crippen molar-refractivity contribution in [3.8, 4) is 5.75 Å². The van der Waals surface area contributed by atoms with Gasteiger partial charge in [0.1, 0.15) is 5.75 Å². The minimum atomic E-state index is -3.53. The number of hydrogen-bond donors (Lipinski definition) is 2. The van der Waals surface area contributed by atoms with Crippen molar-refractivity contribution in [3.05, 3.63) is 59.7 Å². The Kier molecular flexibility index (Phi) is 7.96. The number of hydrogen-bond acceptors (Lipinski definition) is 6. The van der Waals surface area contributed by atoms with E-state index in [9.17, 15) is 18.0 Å². The van der Waals surface area contributed by atoms with Gasteiger partial charge in [0.2, 0.25) is 10.0 Å². The van der Waals surface area contributed by atoms with Crippen LogP contribution >= 0.6 is 0 Å². The van der Waals surface area contributed by atoms with Crippen LogP contribution in [0.2, 0.25) is 0 Å². The Balaban J connectivity index is 1.50. The molecule has 2 aromatic carbocycles. The molecule has 0 bridgehead atoms. The first-order valence-corrected chi connectivity index (χ1v) is 11.8. The molecule has 0 atom stereocenters. The first-order chi connectivity index (χ1) is 15.4. The summed E-state index contributed by atoms with van der Waals surface area (Å²) >= 11 is 0. The fourth-order valence-corrected chi connectivity index (χ4v) is 4.72. The molecule has 9 nitrogen and oxygen atoms in total. The van der Waals surface area contributed by atoms with Crippen molar-refractivity contribution >= 4 is 28.1 Å². The van der Waals surface area contributed by atoms with Crippen LogP contribution < -0.4 is 15.5 Å². The zero-order chi connectivity index (χ0) is 23.0. The van der Waals surface area contributed by atoms with Gasteiger partial charge < -0.3 is 10.1 Å². The van der Waals surface area contributed by atoms with E-state index in [2.05, 4.69) is 15.8 Å². The Bertz CT molecular complexity index is 1080. The zero-order valence-electron chi connectivity index (χ0n) is 17.8. The predicted octanol–water partition coefficient (Wildman–Crippen LogP) is 1.75. The van der Waals surface area contributed by atoms with Crippen molar-refractivity contribution in [1.82, 2.24) is 15.0 Å². The van der Waals surface area contributed by atoms with Crippen LogP contribution in [0.4, 0.5) is 0 Å². The third kappa shape index (κ3) is 5.92. The van der Waals surface area contributed by atoms with Gasteiger partial charge in [-0.15, -0.1) is 0 Å². The van der Waals surface area contributed by atoms with Gasteiger partial charge in [-0.3, -0.25) is 9.59 Å². The van der Waals surface area contributed by atoms with Crippen molar-refractivity contribution in [1.29, 1.82) is 0 Å². The first-order valence-electron chi connectivity index (χ1n) is 10.3. The standard InChI is InChI=1S/C22H26N4O5S/c1-2-31-20-8-4-3-7-18(20)15-24-25-21(27)16-23-22(28)17-9-11-19(12-10-17)32(29,30)26-13-5-6-14-26/h3-4,7-12,15H,2,5-6,13-14,16H2,1H3,(H,23,28)(H,25,27)/b24-15+. The topological polar surface area (TPSA) is 117 Å². The van der Waals surface area contributed by atoms with Gasteiger partial charge in [0, 0.05) is 24.2 Å². The number of amides is 2. The van der Waals surface area contributed by atoms with Crippen molar-refractivity contribution in [3.63, 3.8) is 0 Å². The molecule has 0 saturated carbocycles. The summed E-state index contributed by atoms with van der Waals surface area (Å²) in [5.41, 5.74) is 3.31. The molecule has 3 rings (SSSR count). The molecule has 0 radical (unpaired) electrons. The highest BCUT2D eigenvalue weighted by Gasteiger charge is 2.27. The van der Waals surface area contributed by atoms with Gasteiger partial charge in [0.05, 0.1) is 24.3 Å². The summed E-state index contributed by atoms with van der Waals surface area (Å²) in [6.45, 7) is 3.13. The van der Waals surface area contributed by atoms with Crippen molar-refractivity contribution in [2.45, 2.75) is 24.7 Å². The largest absolute Gasteiger partial charge is 0.493 e. The summed E-state index contributed by atoms with van der Waals surface area (Å²) in [5.74, 6) is -0.343. The molecule has 2 amide bonds. The number of rotatable bonds is 9. The molecule has 1 fully saturated rings. The van der Waals surface area contributed by atoms with E-state index in [1.807, 2.05) is 19.1 Å². The van der Waals surface area contributed by atoms with Gasteiger partial charge in [-0.05, 0) is 56.2 Å². The molecule has 0 aromatic heterocycles. The minimum absolute atomic E-state index is 0.148. The molecule has 0 aliphatic carbocycles. The lowest BCUT2D eigenvalue weighted by Gasteiger charge is -2.15. The van der Waals surface area contributed by atoms with Gasteiger partial charge in [-0.1, -0.05) is 12.1 Å². The molecule has 2 aromatic rings. The molecule has 1 saturated heterocycles. The second-order valence-electron chi connectivity index (χ2n) is 7.08. The number of benzene rings is 2. The van der Waals surface area contributed by atoms with Gasteiger partial charge in [-0.25, -0.2) is 13.8 Å². The zero-order valence-corrected chi connectivity index (χ0v) is 18.6. The molecule has 32 heavy (non-hydrogen) atoms. The molecule has 1 aliphatic heterocycles. The van der Waals surface area contributed by atoms with Crippen LogP contribution in [0, 0.1) is 0 Å². The summed E-state index contributed by atoms with van der Waals surface area (Å²) in [7, 11) is -3.53. The second kappa shape index (κ2) is 10.9. The highest BCUT2D eigenvalue weighted by atomic mass is 32.2. The van der Waals surface area contributed by atoms with E-state index < -0.39 is 21.8 Å². The van der Waals surface area contributed by atoms with E-state index in [1.165, 1.54) is 34.8 Å². The SMILES string of the molecule is CCOc1ccccc1/C=N/NC(=O)CNC(=O)c1ccc(S(=O)(=O)N2CCCC2)cc1. The summed E-state index contributed by atoms with van der Waals surface area (Å²) in [6.07, 6.45) is 3.17. The Morgan fingerprint density at radius 2 is 1.78 bits per heavy atom. The van der Waals surface area contributed by atoms with E-state index >= 15 is 0 Å². The summed E-state index contributed by atoms with van der Waals surface area (Å²) in [6, 6.07) is 12.9. The normalized spacial score (nSPS) is 14.4. The number of nitrogens with zero attached hydrogens (tertiary/aromatic N) is 2. The van der Waals surface area contributed by atoms with E-state index in [0.29, 0.717) is 31.0 Å². The summed E-state index contributed by atoms with van der Waals surface area (Å²) in [5, 5.41) is 6.37. The number of carbonyl (C=O) groups excluding carboxylic acids is 2. The van der Waals surface area contributed by atoms with Crippen LogP contribution in [0.1, 0.15) is 35.7 Å². The summed E-state index contributed by atoms with van der Waals surface area (Å²) < 4.78 is 32.0. The average Bonchev–Trinajstić information content (AvgIpc) is 3.35. The maximum absolute atomic E-state index is 12.5. The number of carbonyl (C=O) groups is 2. The fraction of sp³-hybridized carbons (Fsp3) is 0.318. The van der Waals surface area contributed by atoms with Gasteiger partial charge in [0.25, 0.3) is 11.8 Å². The molecular weight excluding hydrogens is 432 g/mol. The van der Waals surface area contributed by atoms with Crippen LogP contribution in [0.25, 0.3) is 0 Å². The van der Waals surface area contributed by atoms with E-state index in [4.69, 9.17) is 4.74 Å². The second-order valence-corrected chi connectivity index (χ2v) is 9.02. The maximum atomic E-state index is 12.5. The van der Waals surface area contributed by atoms with Crippen molar-refractivity contribution in [2.75, 3.05) is 26.2 Å². The number of ether oxygens (including phenoxy) is 1. The number of nitrogens with one attached hydrogen (secondary N) is 2.